The molecule has 1 aromatic heterocycles. The topological polar surface area (TPSA) is 41.6 Å². The van der Waals surface area contributed by atoms with Crippen LogP contribution in [-0.2, 0) is 13.5 Å². The first kappa shape index (κ1) is 7.80. The van der Waals surface area contributed by atoms with Gasteiger partial charge in [-0.25, -0.2) is 4.98 Å². The molecule has 0 aliphatic heterocycles. The quantitative estimate of drug-likeness (QED) is 0.607. The van der Waals surface area contributed by atoms with Crippen LogP contribution < -0.4 is 0 Å². The van der Waals surface area contributed by atoms with Gasteiger partial charge in [0, 0.05) is 19.7 Å². The second-order valence-electron chi connectivity index (χ2n) is 2.54. The molecule has 0 atom stereocenters. The van der Waals surface area contributed by atoms with E-state index >= 15 is 0 Å². The molecular formula is C8H11N3. The van der Waals surface area contributed by atoms with E-state index in [0.29, 0.717) is 6.42 Å². The molecule has 1 rings (SSSR count). The van der Waals surface area contributed by atoms with Crippen molar-refractivity contribution in [2.24, 2.45) is 7.05 Å². The van der Waals surface area contributed by atoms with Crippen LogP contribution in [0.15, 0.2) is 12.5 Å². The van der Waals surface area contributed by atoms with E-state index in [1.165, 1.54) is 0 Å². The van der Waals surface area contributed by atoms with Crippen LogP contribution in [0, 0.1) is 11.3 Å². The maximum absolute atomic E-state index is 8.27. The lowest BCUT2D eigenvalue weighted by Crippen LogP contribution is -1.84. The van der Waals surface area contributed by atoms with Gasteiger partial charge in [0.15, 0.2) is 0 Å². The van der Waals surface area contributed by atoms with E-state index in [0.717, 1.165) is 18.5 Å². The second-order valence-corrected chi connectivity index (χ2v) is 2.54. The Morgan fingerprint density at radius 1 is 1.73 bits per heavy atom. The zero-order valence-electron chi connectivity index (χ0n) is 6.62. The van der Waals surface area contributed by atoms with Gasteiger partial charge in [0.1, 0.15) is 0 Å². The Morgan fingerprint density at radius 3 is 3.09 bits per heavy atom. The van der Waals surface area contributed by atoms with Gasteiger partial charge in [0.2, 0.25) is 0 Å². The molecule has 0 saturated heterocycles. The summed E-state index contributed by atoms with van der Waals surface area (Å²) in [6, 6.07) is 2.11. The first-order valence-corrected chi connectivity index (χ1v) is 3.66. The van der Waals surface area contributed by atoms with Gasteiger partial charge in [-0.3, -0.25) is 0 Å². The van der Waals surface area contributed by atoms with Crippen LogP contribution >= 0.6 is 0 Å². The standard InChI is InChI=1S/C8H11N3/c1-11-6-8(10-7-11)4-2-3-5-9/h6-7H,2-4H2,1H3. The summed E-state index contributed by atoms with van der Waals surface area (Å²) >= 11 is 0. The van der Waals surface area contributed by atoms with E-state index in [4.69, 9.17) is 5.26 Å². The molecule has 0 bridgehead atoms. The zero-order chi connectivity index (χ0) is 8.10. The highest BCUT2D eigenvalue weighted by atomic mass is 15.0. The Balaban J connectivity index is 2.34. The van der Waals surface area contributed by atoms with Crippen molar-refractivity contribution >= 4 is 0 Å². The number of hydrogen-bond acceptors (Lipinski definition) is 2. The number of aromatic nitrogens is 2. The van der Waals surface area contributed by atoms with Crippen LogP contribution in [0.25, 0.3) is 0 Å². The summed E-state index contributed by atoms with van der Waals surface area (Å²) in [6.07, 6.45) is 6.21. The third kappa shape index (κ3) is 2.42. The predicted molar refractivity (Wildman–Crippen MR) is 41.8 cm³/mol. The first-order valence-electron chi connectivity index (χ1n) is 3.66. The number of hydrogen-bond donors (Lipinski definition) is 0. The molecular weight excluding hydrogens is 138 g/mol. The molecule has 0 spiro atoms. The molecule has 0 fully saturated rings. The average molecular weight is 149 g/mol. The molecule has 0 aliphatic rings. The Labute approximate surface area is 66.3 Å². The van der Waals surface area contributed by atoms with Crippen molar-refractivity contribution < 1.29 is 0 Å². The summed E-state index contributed by atoms with van der Waals surface area (Å²) in [7, 11) is 1.95. The number of unbranched alkanes of at least 4 members (excludes halogenated alkanes) is 1. The Hall–Kier alpha value is -1.30. The second kappa shape index (κ2) is 3.77. The monoisotopic (exact) mass is 149 g/mol. The Bertz CT molecular complexity index is 257. The van der Waals surface area contributed by atoms with Crippen molar-refractivity contribution in [3.05, 3.63) is 18.2 Å². The van der Waals surface area contributed by atoms with Crippen LogP contribution in [0.5, 0.6) is 0 Å². The summed E-state index contributed by atoms with van der Waals surface area (Å²) in [6.45, 7) is 0. The Morgan fingerprint density at radius 2 is 2.55 bits per heavy atom. The fourth-order valence-electron chi connectivity index (χ4n) is 0.945. The normalized spacial score (nSPS) is 9.45. The molecule has 0 radical (unpaired) electrons. The highest BCUT2D eigenvalue weighted by Crippen LogP contribution is 2.00. The molecule has 0 amide bonds. The molecule has 0 N–H and O–H groups in total. The van der Waals surface area contributed by atoms with Crippen molar-refractivity contribution in [2.45, 2.75) is 19.3 Å². The summed E-state index contributed by atoms with van der Waals surface area (Å²) in [5, 5.41) is 8.27. The van der Waals surface area contributed by atoms with E-state index in [1.54, 1.807) is 6.33 Å². The molecule has 11 heavy (non-hydrogen) atoms. The SMILES string of the molecule is Cn1cnc(CCCC#N)c1. The number of nitriles is 1. The van der Waals surface area contributed by atoms with Crippen molar-refractivity contribution in [3.8, 4) is 6.07 Å². The van der Waals surface area contributed by atoms with Crippen molar-refractivity contribution in [1.29, 1.82) is 5.26 Å². The summed E-state index contributed by atoms with van der Waals surface area (Å²) in [5.74, 6) is 0. The molecule has 58 valence electrons. The lowest BCUT2D eigenvalue weighted by atomic mass is 10.2. The maximum Gasteiger partial charge on any atom is 0.0946 e. The van der Waals surface area contributed by atoms with Gasteiger partial charge >= 0.3 is 0 Å². The van der Waals surface area contributed by atoms with Crippen molar-refractivity contribution in [1.82, 2.24) is 9.55 Å². The van der Waals surface area contributed by atoms with Crippen LogP contribution in [0.2, 0.25) is 0 Å². The van der Waals surface area contributed by atoms with Gasteiger partial charge in [0.25, 0.3) is 0 Å². The van der Waals surface area contributed by atoms with E-state index < -0.39 is 0 Å². The van der Waals surface area contributed by atoms with Gasteiger partial charge in [-0.05, 0) is 12.8 Å². The lowest BCUT2D eigenvalue weighted by Gasteiger charge is -1.89. The van der Waals surface area contributed by atoms with Crippen LogP contribution in [0.1, 0.15) is 18.5 Å². The summed E-state index contributed by atoms with van der Waals surface area (Å²) < 4.78 is 1.92. The molecule has 0 unspecified atom stereocenters. The first-order chi connectivity index (χ1) is 5.33. The van der Waals surface area contributed by atoms with E-state index in [2.05, 4.69) is 11.1 Å². The van der Waals surface area contributed by atoms with Crippen molar-refractivity contribution in [3.63, 3.8) is 0 Å². The van der Waals surface area contributed by atoms with E-state index in [-0.39, 0.29) is 0 Å². The minimum absolute atomic E-state index is 0.622. The molecule has 1 aromatic rings. The van der Waals surface area contributed by atoms with Crippen LogP contribution in [0.4, 0.5) is 0 Å². The van der Waals surface area contributed by atoms with Gasteiger partial charge in [0.05, 0.1) is 18.1 Å². The predicted octanol–water partition coefficient (Wildman–Crippen LogP) is 1.27. The average Bonchev–Trinajstić information content (AvgIpc) is 2.37. The van der Waals surface area contributed by atoms with Gasteiger partial charge in [-0.15, -0.1) is 0 Å². The molecule has 3 heteroatoms. The minimum atomic E-state index is 0.622. The highest BCUT2D eigenvalue weighted by Gasteiger charge is 1.94. The van der Waals surface area contributed by atoms with E-state index in [1.807, 2.05) is 17.8 Å². The third-order valence-corrected chi connectivity index (χ3v) is 1.48. The smallest absolute Gasteiger partial charge is 0.0946 e. The fraction of sp³-hybridized carbons (Fsp3) is 0.500. The highest BCUT2D eigenvalue weighted by molar-refractivity contribution is 4.96. The summed E-state index contributed by atoms with van der Waals surface area (Å²) in [5.41, 5.74) is 1.07. The zero-order valence-corrected chi connectivity index (χ0v) is 6.62. The summed E-state index contributed by atoms with van der Waals surface area (Å²) in [4.78, 5) is 4.14. The van der Waals surface area contributed by atoms with Gasteiger partial charge in [-0.1, -0.05) is 0 Å². The van der Waals surface area contributed by atoms with Crippen molar-refractivity contribution in [2.75, 3.05) is 0 Å². The molecule has 0 aliphatic carbocycles. The third-order valence-electron chi connectivity index (χ3n) is 1.48. The van der Waals surface area contributed by atoms with Crippen LogP contribution in [0.3, 0.4) is 0 Å². The Kier molecular flexibility index (Phi) is 2.67. The number of imidazole rings is 1. The number of nitrogens with zero attached hydrogens (tertiary/aromatic N) is 3. The largest absolute Gasteiger partial charge is 0.340 e. The van der Waals surface area contributed by atoms with Gasteiger partial charge < -0.3 is 4.57 Å². The lowest BCUT2D eigenvalue weighted by molar-refractivity contribution is 0.828. The molecule has 0 saturated carbocycles. The van der Waals surface area contributed by atoms with E-state index in [9.17, 15) is 0 Å². The molecule has 0 aromatic carbocycles. The minimum Gasteiger partial charge on any atom is -0.340 e. The maximum atomic E-state index is 8.27. The molecule has 1 heterocycles. The fourth-order valence-corrected chi connectivity index (χ4v) is 0.945. The van der Waals surface area contributed by atoms with Gasteiger partial charge in [-0.2, -0.15) is 5.26 Å². The number of rotatable bonds is 3. The molecule has 3 nitrogen and oxygen atoms in total. The number of aryl methyl sites for hydroxylation is 2. The van der Waals surface area contributed by atoms with Crippen LogP contribution in [-0.4, -0.2) is 9.55 Å².